The number of pyridine rings is 1. The lowest BCUT2D eigenvalue weighted by atomic mass is 9.97. The summed E-state index contributed by atoms with van der Waals surface area (Å²) in [7, 11) is -2.98. The summed E-state index contributed by atoms with van der Waals surface area (Å²) in [6, 6.07) is 9.34. The number of amides is 2. The number of methoxy groups -OCH3 is 1. The number of aromatic nitrogens is 1. The Bertz CT molecular complexity index is 1630. The number of nitrogens with one attached hydrogen (secondary N) is 2. The molecule has 1 saturated heterocycles. The van der Waals surface area contributed by atoms with Gasteiger partial charge in [0.2, 0.25) is 15.9 Å². The minimum atomic E-state index is -4.16. The topological polar surface area (TPSA) is 135 Å². The van der Waals surface area contributed by atoms with E-state index < -0.39 is 39.4 Å². The average Bonchev–Trinajstić information content (AvgIpc) is 3.36. The fraction of sp³-hybridized carbons (Fsp3) is 0.286. The first-order valence-electron chi connectivity index (χ1n) is 12.8. The molecular formula is C28H26Cl4N4O6S. The van der Waals surface area contributed by atoms with Crippen LogP contribution in [-0.4, -0.2) is 60.7 Å². The van der Waals surface area contributed by atoms with Crippen molar-refractivity contribution in [2.45, 2.75) is 42.7 Å². The Kier molecular flexibility index (Phi) is 10.3. The molecule has 2 heterocycles. The first-order valence-corrected chi connectivity index (χ1v) is 15.8. The fourth-order valence-electron chi connectivity index (χ4n) is 4.79. The van der Waals surface area contributed by atoms with Gasteiger partial charge in [0.05, 0.1) is 27.6 Å². The molecule has 43 heavy (non-hydrogen) atoms. The Hall–Kier alpha value is -2.93. The summed E-state index contributed by atoms with van der Waals surface area (Å²) in [6.45, 7) is 1.59. The molecule has 2 N–H and O–H groups in total. The van der Waals surface area contributed by atoms with Gasteiger partial charge in [-0.2, -0.15) is 4.31 Å². The largest absolute Gasteiger partial charge is 0.467 e. The monoisotopic (exact) mass is 686 g/mol. The molecule has 0 bridgehead atoms. The summed E-state index contributed by atoms with van der Waals surface area (Å²) in [5.41, 5.74) is -0.366. The highest BCUT2D eigenvalue weighted by Crippen LogP contribution is 2.36. The summed E-state index contributed by atoms with van der Waals surface area (Å²) >= 11 is 24.2. The molecule has 0 unspecified atom stereocenters. The number of hydrogen-bond donors (Lipinski definition) is 2. The van der Waals surface area contributed by atoms with E-state index in [1.54, 1.807) is 24.3 Å². The van der Waals surface area contributed by atoms with Gasteiger partial charge < -0.3 is 15.4 Å². The molecule has 2 amide bonds. The van der Waals surface area contributed by atoms with Crippen molar-refractivity contribution in [3.05, 3.63) is 86.1 Å². The third-order valence-electron chi connectivity index (χ3n) is 7.01. The lowest BCUT2D eigenvalue weighted by Crippen LogP contribution is -2.58. The maximum Gasteiger partial charge on any atom is 0.328 e. The molecule has 0 aliphatic carbocycles. The number of rotatable bonds is 9. The zero-order valence-corrected chi connectivity index (χ0v) is 26.7. The minimum Gasteiger partial charge on any atom is -0.467 e. The molecule has 2 aromatic carbocycles. The van der Waals surface area contributed by atoms with Crippen LogP contribution in [0.25, 0.3) is 0 Å². The van der Waals surface area contributed by atoms with E-state index in [0.29, 0.717) is 17.7 Å². The predicted molar refractivity (Wildman–Crippen MR) is 164 cm³/mol. The summed E-state index contributed by atoms with van der Waals surface area (Å²) in [6.07, 6.45) is 3.28. The maximum absolute atomic E-state index is 13.6. The van der Waals surface area contributed by atoms with Crippen LogP contribution in [0.15, 0.2) is 59.8 Å². The van der Waals surface area contributed by atoms with Crippen molar-refractivity contribution in [1.29, 1.82) is 0 Å². The van der Waals surface area contributed by atoms with E-state index in [-0.39, 0.29) is 49.9 Å². The Morgan fingerprint density at radius 1 is 1.02 bits per heavy atom. The van der Waals surface area contributed by atoms with Crippen LogP contribution in [0, 0.1) is 0 Å². The molecule has 228 valence electrons. The van der Waals surface area contributed by atoms with Crippen LogP contribution >= 0.6 is 46.4 Å². The highest BCUT2D eigenvalue weighted by Gasteiger charge is 2.50. The number of hydrogen-bond acceptors (Lipinski definition) is 7. The van der Waals surface area contributed by atoms with Gasteiger partial charge in [0.25, 0.3) is 5.91 Å². The van der Waals surface area contributed by atoms with Gasteiger partial charge in [-0.1, -0.05) is 58.5 Å². The molecule has 10 nitrogen and oxygen atoms in total. The van der Waals surface area contributed by atoms with E-state index in [1.165, 1.54) is 44.6 Å². The minimum absolute atomic E-state index is 0.0291. The normalized spacial score (nSPS) is 17.7. The highest BCUT2D eigenvalue weighted by atomic mass is 35.5. The molecule has 3 aromatic rings. The number of nitrogens with zero attached hydrogens (tertiary/aromatic N) is 2. The predicted octanol–water partition coefficient (Wildman–Crippen LogP) is 5.39. The van der Waals surface area contributed by atoms with Gasteiger partial charge in [0.1, 0.15) is 11.6 Å². The zero-order valence-electron chi connectivity index (χ0n) is 22.9. The van der Waals surface area contributed by atoms with Gasteiger partial charge in [0.15, 0.2) is 0 Å². The van der Waals surface area contributed by atoms with Crippen molar-refractivity contribution in [1.82, 2.24) is 14.6 Å². The van der Waals surface area contributed by atoms with Crippen LogP contribution in [0.4, 0.5) is 5.69 Å². The number of halogens is 4. The quantitative estimate of drug-likeness (QED) is 0.288. The van der Waals surface area contributed by atoms with Crippen LogP contribution in [0.5, 0.6) is 0 Å². The van der Waals surface area contributed by atoms with Gasteiger partial charge in [0, 0.05) is 41.1 Å². The lowest BCUT2D eigenvalue weighted by molar-refractivity contribution is -0.146. The van der Waals surface area contributed by atoms with Crippen molar-refractivity contribution in [2.24, 2.45) is 0 Å². The summed E-state index contributed by atoms with van der Waals surface area (Å²) < 4.78 is 33.1. The Morgan fingerprint density at radius 2 is 1.63 bits per heavy atom. The van der Waals surface area contributed by atoms with E-state index in [2.05, 4.69) is 15.6 Å². The maximum atomic E-state index is 13.6. The summed E-state index contributed by atoms with van der Waals surface area (Å²) in [5, 5.41) is 5.83. The molecule has 0 spiro atoms. The van der Waals surface area contributed by atoms with Gasteiger partial charge in [-0.3, -0.25) is 14.6 Å². The van der Waals surface area contributed by atoms with E-state index in [0.717, 1.165) is 4.31 Å². The van der Waals surface area contributed by atoms with Crippen molar-refractivity contribution in [3.63, 3.8) is 0 Å². The smallest absolute Gasteiger partial charge is 0.328 e. The van der Waals surface area contributed by atoms with Crippen LogP contribution in [0.3, 0.4) is 0 Å². The van der Waals surface area contributed by atoms with Crippen molar-refractivity contribution in [2.75, 3.05) is 19.0 Å². The average molecular weight is 688 g/mol. The molecule has 1 aromatic heterocycles. The highest BCUT2D eigenvalue weighted by molar-refractivity contribution is 7.89. The third-order valence-corrected chi connectivity index (χ3v) is 10.0. The van der Waals surface area contributed by atoms with Gasteiger partial charge in [-0.15, -0.1) is 0 Å². The molecule has 2 atom stereocenters. The number of benzene rings is 2. The number of ether oxygens (including phenoxy) is 1. The van der Waals surface area contributed by atoms with Crippen LogP contribution < -0.4 is 10.6 Å². The van der Waals surface area contributed by atoms with Crippen LogP contribution in [-0.2, 0) is 30.8 Å². The zero-order chi connectivity index (χ0) is 31.5. The molecule has 1 aliphatic rings. The van der Waals surface area contributed by atoms with E-state index >= 15 is 0 Å². The Morgan fingerprint density at radius 3 is 2.21 bits per heavy atom. The molecule has 0 saturated carbocycles. The molecule has 4 rings (SSSR count). The fourth-order valence-corrected chi connectivity index (χ4v) is 7.86. The molecule has 0 radical (unpaired) electrons. The van der Waals surface area contributed by atoms with Crippen LogP contribution in [0.2, 0.25) is 20.1 Å². The number of carbonyl (C=O) groups is 3. The Balaban J connectivity index is 1.50. The standard InChI is InChI=1S/C28H26Cl4N4O6S/c1-28(8-3-9-36(28)43(40,41)20-12-17(29)11-18(30)13-20)27(39)35-23(26(38)42-2)10-16-4-6-19(7-5-16)34-25(37)24-21(31)14-33-15-22(24)32/h4-7,11-15,23H,3,8-10H2,1-2H3,(H,34,37)(H,35,39)/t23-,28+/m0/s1. The second-order valence-electron chi connectivity index (χ2n) is 9.94. The number of esters is 1. The second-order valence-corrected chi connectivity index (χ2v) is 13.5. The summed E-state index contributed by atoms with van der Waals surface area (Å²) in [5.74, 6) is -1.91. The molecule has 1 aliphatic heterocycles. The second kappa shape index (κ2) is 13.4. The molecular weight excluding hydrogens is 662 g/mol. The van der Waals surface area contributed by atoms with Crippen molar-refractivity contribution >= 4 is 79.9 Å². The SMILES string of the molecule is COC(=O)[C@H](Cc1ccc(NC(=O)c2c(Cl)cncc2Cl)cc1)NC(=O)[C@@]1(C)CCCN1S(=O)(=O)c1cc(Cl)cc(Cl)c1. The number of carbonyl (C=O) groups excluding carboxylic acids is 3. The first-order chi connectivity index (χ1) is 20.3. The lowest BCUT2D eigenvalue weighted by Gasteiger charge is -2.34. The third kappa shape index (κ3) is 7.25. The molecule has 1 fully saturated rings. The van der Waals surface area contributed by atoms with E-state index in [9.17, 15) is 22.8 Å². The van der Waals surface area contributed by atoms with E-state index in [4.69, 9.17) is 51.1 Å². The van der Waals surface area contributed by atoms with Crippen molar-refractivity contribution in [3.8, 4) is 0 Å². The van der Waals surface area contributed by atoms with Crippen LogP contribution in [0.1, 0.15) is 35.7 Å². The summed E-state index contributed by atoms with van der Waals surface area (Å²) in [4.78, 5) is 42.7. The number of anilines is 1. The van der Waals surface area contributed by atoms with Gasteiger partial charge in [-0.05, 0) is 55.7 Å². The Labute approximate surface area is 268 Å². The number of sulfonamides is 1. The van der Waals surface area contributed by atoms with Gasteiger partial charge >= 0.3 is 5.97 Å². The van der Waals surface area contributed by atoms with E-state index in [1.807, 2.05) is 0 Å². The van der Waals surface area contributed by atoms with Crippen molar-refractivity contribution < 1.29 is 27.5 Å². The van der Waals surface area contributed by atoms with Gasteiger partial charge in [-0.25, -0.2) is 13.2 Å². The first kappa shape index (κ1) is 33.0. The molecule has 15 heteroatoms.